The zero-order valence-corrected chi connectivity index (χ0v) is 26.8. The van der Waals surface area contributed by atoms with E-state index in [0.29, 0.717) is 4.57 Å². The number of allylic oxidation sites excluding steroid dienone is 1. The fraction of sp³-hybridized carbons (Fsp3) is 0.419. The van der Waals surface area contributed by atoms with Gasteiger partial charge in [-0.25, -0.2) is 27.9 Å². The minimum Gasteiger partial charge on any atom is -0.464 e. The molecule has 0 aliphatic heterocycles. The first-order chi connectivity index (χ1) is 21.4. The normalized spacial score (nSPS) is 12.3. The number of carboxylic acid groups (broad SMARTS) is 1. The second-order valence-electron chi connectivity index (χ2n) is 12.2. The average molecular weight is 645 g/mol. The first kappa shape index (κ1) is 35.4. The molecule has 2 aromatic heterocycles. The van der Waals surface area contributed by atoms with E-state index in [1.54, 1.807) is 14.1 Å². The summed E-state index contributed by atoms with van der Waals surface area (Å²) in [4.78, 5) is 69.7. The fourth-order valence-electron chi connectivity index (χ4n) is 4.45. The smallest absolute Gasteiger partial charge is 0.417 e. The number of hydrogen-bond acceptors (Lipinski definition) is 7. The van der Waals surface area contributed by atoms with Gasteiger partial charge in [0.25, 0.3) is 11.5 Å². The number of benzene rings is 1. The van der Waals surface area contributed by atoms with E-state index in [1.165, 1.54) is 49.5 Å². The van der Waals surface area contributed by atoms with Gasteiger partial charge in [0, 0.05) is 46.0 Å². The minimum absolute atomic E-state index is 0.00367. The third-order valence-corrected chi connectivity index (χ3v) is 6.69. The number of aromatic nitrogens is 3. The number of rotatable bonds is 10. The number of carbonyl (C=O) groups is 4. The summed E-state index contributed by atoms with van der Waals surface area (Å²) in [5.41, 5.74) is -1.75. The summed E-state index contributed by atoms with van der Waals surface area (Å²) in [5.74, 6) is -3.63. The van der Waals surface area contributed by atoms with Gasteiger partial charge in [-0.3, -0.25) is 14.4 Å². The van der Waals surface area contributed by atoms with E-state index in [2.05, 4.69) is 10.3 Å². The number of anilines is 1. The van der Waals surface area contributed by atoms with Crippen LogP contribution in [-0.2, 0) is 27.3 Å². The lowest BCUT2D eigenvalue weighted by Crippen LogP contribution is -2.37. The number of fused-ring (bicyclic) bond motifs is 1. The molecule has 2 N–H and O–H groups in total. The molecule has 46 heavy (non-hydrogen) atoms. The Morgan fingerprint density at radius 1 is 1.13 bits per heavy atom. The minimum atomic E-state index is -1.52. The van der Waals surface area contributed by atoms with Crippen LogP contribution in [0.4, 0.5) is 24.1 Å². The van der Waals surface area contributed by atoms with E-state index in [9.17, 15) is 37.9 Å². The molecule has 13 nitrogen and oxygen atoms in total. The molecule has 0 saturated carbocycles. The van der Waals surface area contributed by atoms with Crippen molar-refractivity contribution in [2.45, 2.75) is 52.7 Å². The van der Waals surface area contributed by atoms with E-state index in [4.69, 9.17) is 4.74 Å². The van der Waals surface area contributed by atoms with Gasteiger partial charge in [-0.15, -0.1) is 0 Å². The molecule has 0 saturated heterocycles. The quantitative estimate of drug-likeness (QED) is 0.313. The number of imidazole rings is 1. The number of amides is 3. The number of carbonyl (C=O) groups excluding carboxylic acids is 3. The van der Waals surface area contributed by atoms with Gasteiger partial charge < -0.3 is 29.5 Å². The average Bonchev–Trinajstić information content (AvgIpc) is 3.31. The molecular weight excluding hydrogens is 606 g/mol. The molecule has 1 aromatic carbocycles. The highest BCUT2D eigenvalue weighted by Gasteiger charge is 2.27. The Hall–Kier alpha value is -5.08. The predicted octanol–water partition coefficient (Wildman–Crippen LogP) is 4.07. The highest BCUT2D eigenvalue weighted by Crippen LogP contribution is 2.31. The van der Waals surface area contributed by atoms with Crippen LogP contribution in [0.2, 0.25) is 0 Å². The molecule has 1 atom stereocenters. The summed E-state index contributed by atoms with van der Waals surface area (Å²) < 4.78 is 36.6. The Labute approximate surface area is 264 Å². The van der Waals surface area contributed by atoms with Crippen LogP contribution < -0.4 is 10.9 Å². The van der Waals surface area contributed by atoms with Crippen LogP contribution in [0, 0.1) is 17.0 Å². The summed E-state index contributed by atoms with van der Waals surface area (Å²) >= 11 is 0. The number of likely N-dealkylation sites (N-methyl/N-ethyl adjacent to an activating group) is 1. The maximum absolute atomic E-state index is 14.9. The van der Waals surface area contributed by atoms with Gasteiger partial charge in [-0.1, -0.05) is 26.8 Å². The van der Waals surface area contributed by atoms with Crippen molar-refractivity contribution in [3.8, 4) is 0 Å². The largest absolute Gasteiger partial charge is 0.464 e. The van der Waals surface area contributed by atoms with Crippen LogP contribution in [0.15, 0.2) is 41.3 Å². The lowest BCUT2D eigenvalue weighted by Gasteiger charge is -2.19. The molecule has 0 radical (unpaired) electrons. The van der Waals surface area contributed by atoms with E-state index in [1.807, 2.05) is 20.8 Å². The van der Waals surface area contributed by atoms with E-state index < -0.39 is 53.4 Å². The van der Waals surface area contributed by atoms with Gasteiger partial charge in [-0.2, -0.15) is 0 Å². The van der Waals surface area contributed by atoms with Crippen molar-refractivity contribution in [2.24, 2.45) is 5.41 Å². The standard InChI is InChI=1S/C31H38F2N6O7/c1-31(2,3)16-18-25(33)19(32)15-21-26(18)35-23(39(21)29(43)44)17-38-14-10-11-20(28(38)42)34-27(41)22(46-30(45)37(6)7)12-8-9-13-24(40)36(4)5/h9-11,13-15,22H,8,12,16-17H2,1-7H3,(H,34,41)(H,43,44)/b13-9+. The van der Waals surface area contributed by atoms with Gasteiger partial charge >= 0.3 is 12.2 Å². The van der Waals surface area contributed by atoms with Crippen LogP contribution in [0.3, 0.4) is 0 Å². The van der Waals surface area contributed by atoms with Crippen LogP contribution >= 0.6 is 0 Å². The molecule has 3 rings (SSSR count). The summed E-state index contributed by atoms with van der Waals surface area (Å²) in [5, 5.41) is 12.4. The van der Waals surface area contributed by atoms with E-state index in [0.717, 1.165) is 15.5 Å². The third-order valence-electron chi connectivity index (χ3n) is 6.69. The summed E-state index contributed by atoms with van der Waals surface area (Å²) in [6.45, 7) is 5.01. The Bertz CT molecular complexity index is 1740. The van der Waals surface area contributed by atoms with Crippen LogP contribution in [0.1, 0.15) is 45.0 Å². The maximum atomic E-state index is 14.9. The zero-order valence-electron chi connectivity index (χ0n) is 26.8. The van der Waals surface area contributed by atoms with E-state index >= 15 is 0 Å². The number of halogens is 2. The molecule has 3 aromatic rings. The maximum Gasteiger partial charge on any atom is 0.417 e. The number of pyridine rings is 1. The molecule has 248 valence electrons. The van der Waals surface area contributed by atoms with Crippen LogP contribution in [0.25, 0.3) is 11.0 Å². The number of hydrogen-bond donors (Lipinski definition) is 2. The van der Waals surface area contributed by atoms with Crippen LogP contribution in [0.5, 0.6) is 0 Å². The fourth-order valence-corrected chi connectivity index (χ4v) is 4.45. The van der Waals surface area contributed by atoms with Gasteiger partial charge in [0.05, 0.1) is 17.6 Å². The van der Waals surface area contributed by atoms with Crippen molar-refractivity contribution in [3.05, 3.63) is 69.9 Å². The van der Waals surface area contributed by atoms with Crippen molar-refractivity contribution in [1.82, 2.24) is 23.9 Å². The summed E-state index contributed by atoms with van der Waals surface area (Å²) in [6.07, 6.45) is 0.781. The molecule has 0 spiro atoms. The lowest BCUT2D eigenvalue weighted by molar-refractivity contribution is -0.125. The number of ether oxygens (including phenoxy) is 1. The SMILES string of the molecule is CN(C)C(=O)/C=C/CCC(OC(=O)N(C)C)C(=O)Nc1cccn(Cc2nc3c(CC(C)(C)C)c(F)c(F)cc3n2C(=O)O)c1=O. The van der Waals surface area contributed by atoms with Crippen molar-refractivity contribution in [2.75, 3.05) is 33.5 Å². The molecule has 0 bridgehead atoms. The molecule has 1 unspecified atom stereocenters. The first-order valence-electron chi connectivity index (χ1n) is 14.3. The third kappa shape index (κ3) is 8.55. The number of nitrogens with zero attached hydrogens (tertiary/aromatic N) is 5. The zero-order chi connectivity index (χ0) is 34.5. The second kappa shape index (κ2) is 14.3. The molecular formula is C31H38F2N6O7. The van der Waals surface area contributed by atoms with Crippen molar-refractivity contribution >= 4 is 40.7 Å². The van der Waals surface area contributed by atoms with Gasteiger partial charge in [-0.05, 0) is 42.9 Å². The molecule has 0 aliphatic rings. The number of nitrogens with one attached hydrogen (secondary N) is 1. The molecule has 15 heteroatoms. The van der Waals surface area contributed by atoms with Gasteiger partial charge in [0.1, 0.15) is 11.5 Å². The van der Waals surface area contributed by atoms with Crippen molar-refractivity contribution < 1.29 is 37.8 Å². The summed E-state index contributed by atoms with van der Waals surface area (Å²) in [6, 6.07) is 3.48. The van der Waals surface area contributed by atoms with E-state index in [-0.39, 0.29) is 53.3 Å². The topological polar surface area (TPSA) is 156 Å². The van der Waals surface area contributed by atoms with Gasteiger partial charge in [0.2, 0.25) is 5.91 Å². The monoisotopic (exact) mass is 644 g/mol. The Morgan fingerprint density at radius 2 is 1.80 bits per heavy atom. The first-order valence-corrected chi connectivity index (χ1v) is 14.3. The molecule has 0 aliphatic carbocycles. The van der Waals surface area contributed by atoms with Crippen molar-refractivity contribution in [3.63, 3.8) is 0 Å². The Morgan fingerprint density at radius 3 is 2.39 bits per heavy atom. The van der Waals surface area contributed by atoms with Gasteiger partial charge in [0.15, 0.2) is 17.7 Å². The molecule has 0 fully saturated rings. The molecule has 2 heterocycles. The molecule has 3 amide bonds. The predicted molar refractivity (Wildman–Crippen MR) is 166 cm³/mol. The van der Waals surface area contributed by atoms with Crippen LogP contribution in [-0.4, -0.2) is 87.3 Å². The highest BCUT2D eigenvalue weighted by molar-refractivity contribution is 5.95. The van der Waals surface area contributed by atoms with Crippen molar-refractivity contribution in [1.29, 1.82) is 0 Å². The Balaban J connectivity index is 1.95. The lowest BCUT2D eigenvalue weighted by atomic mass is 9.87. The second-order valence-corrected chi connectivity index (χ2v) is 12.2. The Kier molecular flexibility index (Phi) is 11.0. The highest BCUT2D eigenvalue weighted by atomic mass is 19.2. The summed E-state index contributed by atoms with van der Waals surface area (Å²) in [7, 11) is 6.02.